The Morgan fingerprint density at radius 3 is 2.31 bits per heavy atom. The summed E-state index contributed by atoms with van der Waals surface area (Å²) in [7, 11) is 0. The minimum Gasteiger partial charge on any atom is -0.417 e. The van der Waals surface area contributed by atoms with Gasteiger partial charge >= 0.3 is 6.80 Å². The molecule has 0 spiro atoms. The van der Waals surface area contributed by atoms with Gasteiger partial charge in [-0.05, 0) is 60.7 Å². The molecule has 0 fully saturated rings. The van der Waals surface area contributed by atoms with Crippen LogP contribution in [-0.4, -0.2) is 24.4 Å². The van der Waals surface area contributed by atoms with E-state index in [-0.39, 0.29) is 11.5 Å². The van der Waals surface area contributed by atoms with Crippen LogP contribution in [0.1, 0.15) is 86.7 Å². The Hall–Kier alpha value is -2.08. The molecule has 0 heterocycles. The number of carbonyl (C=O) groups excluding carboxylic acids is 1. The van der Waals surface area contributed by atoms with Gasteiger partial charge in [-0.2, -0.15) is 5.10 Å². The highest BCUT2D eigenvalue weighted by atomic mass is 32.7. The summed E-state index contributed by atoms with van der Waals surface area (Å²) in [6.07, 6.45) is 11.4. The van der Waals surface area contributed by atoms with Crippen molar-refractivity contribution < 1.29 is 18.4 Å². The van der Waals surface area contributed by atoms with Crippen LogP contribution in [0.2, 0.25) is 0 Å². The first-order chi connectivity index (χ1) is 17.0. The maximum Gasteiger partial charge on any atom is 0.439 e. The number of benzene rings is 2. The SMILES string of the molecule is CCCCCCOP(=O)(Oc1cccc(/C(=N\N)C(=O)c2cccc(CCCCCC)c2)c1)SC. The lowest BCUT2D eigenvalue weighted by Gasteiger charge is -2.17. The Morgan fingerprint density at radius 1 is 0.943 bits per heavy atom. The lowest BCUT2D eigenvalue weighted by atomic mass is 9.97. The van der Waals surface area contributed by atoms with E-state index in [0.29, 0.717) is 23.5 Å². The number of hydrazone groups is 1. The van der Waals surface area contributed by atoms with Gasteiger partial charge in [0.25, 0.3) is 0 Å². The van der Waals surface area contributed by atoms with Crippen LogP contribution in [0.15, 0.2) is 53.6 Å². The number of ketones is 1. The summed E-state index contributed by atoms with van der Waals surface area (Å²) in [4.78, 5) is 13.3. The molecule has 1 unspecified atom stereocenters. The molecule has 0 aromatic heterocycles. The Bertz CT molecular complexity index is 1010. The second-order valence-electron chi connectivity index (χ2n) is 8.46. The zero-order chi connectivity index (χ0) is 25.5. The molecule has 35 heavy (non-hydrogen) atoms. The second kappa shape index (κ2) is 15.8. The first-order valence-corrected chi connectivity index (χ1v) is 15.9. The number of nitrogens with zero attached hydrogens (tertiary/aromatic N) is 1. The van der Waals surface area contributed by atoms with Crippen LogP contribution in [0.4, 0.5) is 0 Å². The lowest BCUT2D eigenvalue weighted by molar-refractivity contribution is 0.106. The third kappa shape index (κ3) is 9.83. The molecule has 0 radical (unpaired) electrons. The van der Waals surface area contributed by atoms with Gasteiger partial charge in [-0.3, -0.25) is 9.32 Å². The van der Waals surface area contributed by atoms with Crippen molar-refractivity contribution in [2.24, 2.45) is 10.9 Å². The molecule has 2 aromatic rings. The summed E-state index contributed by atoms with van der Waals surface area (Å²) in [6, 6.07) is 14.4. The molecule has 6 nitrogen and oxygen atoms in total. The summed E-state index contributed by atoms with van der Waals surface area (Å²) in [5.41, 5.74) is 2.29. The van der Waals surface area contributed by atoms with E-state index in [1.54, 1.807) is 36.6 Å². The van der Waals surface area contributed by atoms with E-state index in [2.05, 4.69) is 18.9 Å². The van der Waals surface area contributed by atoms with E-state index in [1.807, 2.05) is 18.2 Å². The quantitative estimate of drug-likeness (QED) is 0.0574. The Kier molecular flexibility index (Phi) is 13.2. The van der Waals surface area contributed by atoms with Gasteiger partial charge in [0.2, 0.25) is 5.78 Å². The monoisotopic (exact) mass is 518 g/mol. The number of nitrogens with two attached hydrogens (primary N) is 1. The summed E-state index contributed by atoms with van der Waals surface area (Å²) in [5, 5.41) is 3.79. The van der Waals surface area contributed by atoms with Gasteiger partial charge in [-0.25, -0.2) is 4.57 Å². The van der Waals surface area contributed by atoms with Gasteiger partial charge in [0, 0.05) is 11.1 Å². The standard InChI is InChI=1S/C27H39N2O4PS/c1-4-6-8-10-14-22-15-12-17-24(20-22)27(30)26(29-28)23-16-13-18-25(21-23)33-34(31,35-3)32-19-11-9-7-5-2/h12-13,15-18,20-21H,4-11,14,19,28H2,1-3H3/b29-26+. The minimum absolute atomic E-state index is 0.123. The minimum atomic E-state index is -3.37. The number of hydrogen-bond donors (Lipinski definition) is 1. The molecule has 192 valence electrons. The van der Waals surface area contributed by atoms with Gasteiger partial charge in [0.1, 0.15) is 11.5 Å². The molecule has 2 aromatic carbocycles. The summed E-state index contributed by atoms with van der Waals surface area (Å²) in [6.45, 7) is 1.33. The van der Waals surface area contributed by atoms with Gasteiger partial charge in [-0.1, -0.05) is 82.7 Å². The maximum atomic E-state index is 13.3. The summed E-state index contributed by atoms with van der Waals surface area (Å²) in [5.74, 6) is 5.72. The number of hydrogen-bond acceptors (Lipinski definition) is 7. The number of carbonyl (C=O) groups is 1. The smallest absolute Gasteiger partial charge is 0.417 e. The fourth-order valence-electron chi connectivity index (χ4n) is 3.68. The molecule has 0 amide bonds. The van der Waals surface area contributed by atoms with Crippen molar-refractivity contribution in [3.63, 3.8) is 0 Å². The van der Waals surface area contributed by atoms with Gasteiger partial charge in [0.15, 0.2) is 0 Å². The zero-order valence-electron chi connectivity index (χ0n) is 21.2. The van der Waals surface area contributed by atoms with Crippen molar-refractivity contribution in [1.82, 2.24) is 0 Å². The van der Waals surface area contributed by atoms with E-state index in [1.165, 1.54) is 19.3 Å². The summed E-state index contributed by atoms with van der Waals surface area (Å²) < 4.78 is 24.4. The molecular weight excluding hydrogens is 479 g/mol. The largest absolute Gasteiger partial charge is 0.439 e. The molecule has 0 aliphatic rings. The molecule has 8 heteroatoms. The highest BCUT2D eigenvalue weighted by Gasteiger charge is 2.26. The first kappa shape index (κ1) is 29.2. The van der Waals surface area contributed by atoms with Crippen LogP contribution >= 0.6 is 18.2 Å². The van der Waals surface area contributed by atoms with E-state index < -0.39 is 6.80 Å². The summed E-state index contributed by atoms with van der Waals surface area (Å²) >= 11 is 1.05. The zero-order valence-corrected chi connectivity index (χ0v) is 22.9. The lowest BCUT2D eigenvalue weighted by Crippen LogP contribution is -2.18. The third-order valence-corrected chi connectivity index (χ3v) is 8.91. The highest BCUT2D eigenvalue weighted by Crippen LogP contribution is 2.58. The molecule has 2 rings (SSSR count). The van der Waals surface area contributed by atoms with E-state index in [9.17, 15) is 9.36 Å². The molecule has 2 N–H and O–H groups in total. The number of aryl methyl sites for hydroxylation is 1. The second-order valence-corrected chi connectivity index (χ2v) is 12.6. The number of Topliss-reactive ketones (excluding diaryl/α,β-unsaturated/α-hetero) is 1. The van der Waals surface area contributed by atoms with Crippen LogP contribution in [0.25, 0.3) is 0 Å². The van der Waals surface area contributed by atoms with Gasteiger partial charge in [0.05, 0.1) is 6.61 Å². The highest BCUT2D eigenvalue weighted by molar-refractivity contribution is 8.54. The van der Waals surface area contributed by atoms with Crippen LogP contribution in [0, 0.1) is 0 Å². The topological polar surface area (TPSA) is 91.0 Å². The van der Waals surface area contributed by atoms with Crippen molar-refractivity contribution in [3.8, 4) is 5.75 Å². The van der Waals surface area contributed by atoms with E-state index in [0.717, 1.165) is 55.5 Å². The predicted molar refractivity (Wildman–Crippen MR) is 148 cm³/mol. The van der Waals surface area contributed by atoms with Crippen molar-refractivity contribution in [2.45, 2.75) is 71.6 Å². The van der Waals surface area contributed by atoms with Crippen LogP contribution in [0.3, 0.4) is 0 Å². The van der Waals surface area contributed by atoms with Crippen molar-refractivity contribution in [2.75, 3.05) is 12.9 Å². The van der Waals surface area contributed by atoms with Crippen molar-refractivity contribution >= 4 is 29.7 Å². The molecule has 0 saturated carbocycles. The van der Waals surface area contributed by atoms with Crippen LogP contribution in [-0.2, 0) is 15.5 Å². The van der Waals surface area contributed by atoms with E-state index in [4.69, 9.17) is 14.9 Å². The third-order valence-electron chi connectivity index (χ3n) is 5.65. The first-order valence-electron chi connectivity index (χ1n) is 12.5. The normalized spacial score (nSPS) is 13.4. The molecule has 1 atom stereocenters. The van der Waals surface area contributed by atoms with Gasteiger partial charge in [-0.15, -0.1) is 0 Å². The Labute approximate surface area is 214 Å². The number of rotatable bonds is 17. The molecule has 0 bridgehead atoms. The fourth-order valence-corrected chi connectivity index (χ4v) is 5.65. The van der Waals surface area contributed by atoms with Crippen molar-refractivity contribution in [3.05, 3.63) is 65.2 Å². The fraction of sp³-hybridized carbons (Fsp3) is 0.481. The Morgan fingerprint density at radius 2 is 1.63 bits per heavy atom. The van der Waals surface area contributed by atoms with Gasteiger partial charge < -0.3 is 10.4 Å². The number of unbranched alkanes of at least 4 members (excludes halogenated alkanes) is 6. The maximum absolute atomic E-state index is 13.3. The molecule has 0 aliphatic heterocycles. The van der Waals surface area contributed by atoms with Crippen molar-refractivity contribution in [1.29, 1.82) is 0 Å². The average Bonchev–Trinajstić information content (AvgIpc) is 2.87. The predicted octanol–water partition coefficient (Wildman–Crippen LogP) is 7.80. The Balaban J connectivity index is 2.11. The van der Waals surface area contributed by atoms with Crippen LogP contribution < -0.4 is 10.4 Å². The molecular formula is C27H39N2O4PS. The molecule has 0 saturated heterocycles. The average molecular weight is 519 g/mol. The van der Waals surface area contributed by atoms with Crippen LogP contribution in [0.5, 0.6) is 5.75 Å². The molecule has 0 aliphatic carbocycles. The van der Waals surface area contributed by atoms with E-state index >= 15 is 0 Å².